The fraction of sp³-hybridized carbons (Fsp3) is 0.889. The van der Waals surface area contributed by atoms with Crippen LogP contribution in [0.3, 0.4) is 0 Å². The Kier molecular flexibility index (Phi) is 15.8. The maximum atomic E-state index is 13.2. The number of carbonyl (C=O) groups is 3. The van der Waals surface area contributed by atoms with Crippen LogP contribution in [0.5, 0.6) is 0 Å². The number of hydrogen-bond donors (Lipinski definition) is 10. The molecule has 324 valence electrons. The van der Waals surface area contributed by atoms with Crippen molar-refractivity contribution in [1.29, 1.82) is 5.41 Å². The number of likely N-dealkylation sites (N-methyl/N-ethyl adjacent to an activating group) is 1. The first-order chi connectivity index (χ1) is 25.7. The summed E-state index contributed by atoms with van der Waals surface area (Å²) in [6.07, 6.45) is -11.8. The molecule has 3 aliphatic rings. The largest absolute Gasteiger partial charge is 0.465 e. The molecule has 0 aromatic carbocycles. The molecule has 0 spiro atoms. The van der Waals surface area contributed by atoms with E-state index < -0.39 is 114 Å². The molecule has 20 nitrogen and oxygen atoms in total. The summed E-state index contributed by atoms with van der Waals surface area (Å²) >= 11 is 0. The monoisotopic (exact) mass is 806 g/mol. The van der Waals surface area contributed by atoms with Crippen LogP contribution in [0.1, 0.15) is 88.5 Å². The number of amidine groups is 1. The van der Waals surface area contributed by atoms with Crippen molar-refractivity contribution in [2.45, 2.75) is 178 Å². The van der Waals surface area contributed by atoms with E-state index in [1.165, 1.54) is 11.8 Å². The number of hydrogen-bond acceptors (Lipinski definition) is 15. The molecule has 10 N–H and O–H groups in total. The van der Waals surface area contributed by atoms with Gasteiger partial charge in [0.05, 0.1) is 43.4 Å². The van der Waals surface area contributed by atoms with Gasteiger partial charge in [0.25, 0.3) is 0 Å². The number of aliphatic hydroxyl groups is 4. The van der Waals surface area contributed by atoms with Crippen LogP contribution < -0.4 is 21.3 Å². The maximum Gasteiger partial charge on any atom is 0.408 e. The second-order valence-corrected chi connectivity index (χ2v) is 17.9. The van der Waals surface area contributed by atoms with Crippen molar-refractivity contribution in [2.24, 2.45) is 0 Å². The number of nitrogens with one attached hydrogen (secondary N) is 5. The van der Waals surface area contributed by atoms with Gasteiger partial charge in [0.2, 0.25) is 0 Å². The van der Waals surface area contributed by atoms with Gasteiger partial charge in [-0.2, -0.15) is 0 Å². The van der Waals surface area contributed by atoms with Crippen LogP contribution in [-0.4, -0.2) is 171 Å². The van der Waals surface area contributed by atoms with Crippen LogP contribution >= 0.6 is 0 Å². The summed E-state index contributed by atoms with van der Waals surface area (Å²) in [6.45, 7) is 15.8. The summed E-state index contributed by atoms with van der Waals surface area (Å²) in [5.41, 5.74) is -4.05. The van der Waals surface area contributed by atoms with E-state index in [0.29, 0.717) is 6.42 Å². The van der Waals surface area contributed by atoms with Gasteiger partial charge >= 0.3 is 18.3 Å². The Labute approximate surface area is 328 Å². The third-order valence-corrected chi connectivity index (χ3v) is 9.50. The second kappa shape index (κ2) is 18.7. The zero-order valence-electron chi connectivity index (χ0n) is 34.5. The average Bonchev–Trinajstić information content (AvgIpc) is 3.02. The van der Waals surface area contributed by atoms with E-state index in [0.717, 1.165) is 0 Å². The summed E-state index contributed by atoms with van der Waals surface area (Å²) in [7, 11) is 1.54. The molecule has 0 aromatic rings. The van der Waals surface area contributed by atoms with Gasteiger partial charge in [0.15, 0.2) is 12.6 Å². The molecule has 2 aliphatic heterocycles. The molecule has 20 heteroatoms. The van der Waals surface area contributed by atoms with Crippen LogP contribution in [0.2, 0.25) is 0 Å². The number of carbonyl (C=O) groups excluding carboxylic acids is 2. The average molecular weight is 807 g/mol. The minimum absolute atomic E-state index is 0.0566. The van der Waals surface area contributed by atoms with Gasteiger partial charge in [0.1, 0.15) is 53.7 Å². The van der Waals surface area contributed by atoms with Crippen LogP contribution in [-0.2, 0) is 28.4 Å². The standard InChI is InChI=1S/C36H66N6O14/c1-33(2,3)42(32(48)49)15-18-12-13-19(40-30(46)55-34(4,5)6)28(52-18)53-26-21(41-31(47)56-35(7,8)9)14-20(39-22(37)16-43)25(23(26)44)54-29-24(45)27(38-11)36(10,50)17-51-29/h18-21,23-29,38,43-45,50H,12-17H2,1-11H3,(H2,37,39)(H,40,46)(H,41,47)(H,48,49)/t18-,19+,20+,21-,23+,24+,25-,26+,27+,28+,29+,36-/m0/s1. The third kappa shape index (κ3) is 13.2. The summed E-state index contributed by atoms with van der Waals surface area (Å²) in [6, 6.07) is -3.91. The maximum absolute atomic E-state index is 13.2. The molecule has 56 heavy (non-hydrogen) atoms. The van der Waals surface area contributed by atoms with Gasteiger partial charge < -0.3 is 80.1 Å². The quantitative estimate of drug-likeness (QED) is 0.101. The van der Waals surface area contributed by atoms with Gasteiger partial charge in [-0.05, 0) is 95.5 Å². The van der Waals surface area contributed by atoms with E-state index in [4.69, 9.17) is 33.8 Å². The topological polar surface area (TPSA) is 283 Å². The highest BCUT2D eigenvalue weighted by Gasteiger charge is 2.53. The predicted octanol–water partition coefficient (Wildman–Crippen LogP) is 0.576. The Morgan fingerprint density at radius 1 is 0.839 bits per heavy atom. The highest BCUT2D eigenvalue weighted by molar-refractivity contribution is 5.80. The lowest BCUT2D eigenvalue weighted by atomic mass is 9.83. The van der Waals surface area contributed by atoms with E-state index in [-0.39, 0.29) is 31.8 Å². The molecular formula is C36H66N6O14. The first kappa shape index (κ1) is 47.3. The van der Waals surface area contributed by atoms with Gasteiger partial charge in [-0.15, -0.1) is 0 Å². The minimum Gasteiger partial charge on any atom is -0.465 e. The normalized spacial score (nSPS) is 34.2. The number of ether oxygens (including phenoxy) is 6. The van der Waals surface area contributed by atoms with Crippen molar-refractivity contribution in [3.63, 3.8) is 0 Å². The number of alkyl carbamates (subject to hydrolysis) is 2. The highest BCUT2D eigenvalue weighted by Crippen LogP contribution is 2.34. The van der Waals surface area contributed by atoms with Crippen molar-refractivity contribution >= 4 is 24.1 Å². The van der Waals surface area contributed by atoms with Crippen LogP contribution in [0.25, 0.3) is 0 Å². The van der Waals surface area contributed by atoms with Gasteiger partial charge in [-0.3, -0.25) is 5.41 Å². The molecule has 2 saturated heterocycles. The number of rotatable bonds is 11. The van der Waals surface area contributed by atoms with E-state index >= 15 is 0 Å². The first-order valence-corrected chi connectivity index (χ1v) is 18.9. The van der Waals surface area contributed by atoms with E-state index in [2.05, 4.69) is 21.3 Å². The van der Waals surface area contributed by atoms with E-state index in [9.17, 15) is 39.9 Å². The Morgan fingerprint density at radius 2 is 1.36 bits per heavy atom. The summed E-state index contributed by atoms with van der Waals surface area (Å²) in [4.78, 5) is 39.8. The molecule has 1 aliphatic carbocycles. The molecule has 3 amide bonds. The Morgan fingerprint density at radius 3 is 1.84 bits per heavy atom. The van der Waals surface area contributed by atoms with Gasteiger partial charge in [-0.1, -0.05) is 0 Å². The SMILES string of the molecule is CN[C@@H]1[C@@H](O)[C@@H](O[C@@H]2[C@@H](O)[C@H](O[C@H]3O[C@H](CN(C(=O)O)C(C)(C)C)CC[C@H]3NC(=O)OC(C)(C)C)[C@@H](NC(=O)OC(C)(C)C)C[C@H]2NC(=N)CO)OC[C@]1(C)O. The van der Waals surface area contributed by atoms with E-state index in [1.807, 2.05) is 0 Å². The molecule has 1 saturated carbocycles. The fourth-order valence-electron chi connectivity index (χ4n) is 7.00. The van der Waals surface area contributed by atoms with E-state index in [1.54, 1.807) is 69.4 Å². The lowest BCUT2D eigenvalue weighted by Gasteiger charge is -2.50. The molecule has 2 heterocycles. The van der Waals surface area contributed by atoms with Gasteiger partial charge in [-0.25, -0.2) is 14.4 Å². The van der Waals surface area contributed by atoms with Crippen LogP contribution in [0.15, 0.2) is 0 Å². The molecule has 0 radical (unpaired) electrons. The van der Waals surface area contributed by atoms with Crippen LogP contribution in [0.4, 0.5) is 14.4 Å². The number of nitrogens with zero attached hydrogens (tertiary/aromatic N) is 1. The van der Waals surface area contributed by atoms with Crippen molar-refractivity contribution in [3.05, 3.63) is 0 Å². The molecular weight excluding hydrogens is 740 g/mol. The molecule has 0 bridgehead atoms. The van der Waals surface area contributed by atoms with Crippen LogP contribution in [0, 0.1) is 5.41 Å². The van der Waals surface area contributed by atoms with Crippen molar-refractivity contribution in [1.82, 2.24) is 26.2 Å². The number of amides is 3. The highest BCUT2D eigenvalue weighted by atomic mass is 16.7. The first-order valence-electron chi connectivity index (χ1n) is 18.9. The Hall–Kier alpha value is -3.08. The molecule has 12 atom stereocenters. The molecule has 3 fully saturated rings. The third-order valence-electron chi connectivity index (χ3n) is 9.50. The fourth-order valence-corrected chi connectivity index (χ4v) is 7.00. The zero-order chi connectivity index (χ0) is 42.6. The summed E-state index contributed by atoms with van der Waals surface area (Å²) < 4.78 is 35.9. The van der Waals surface area contributed by atoms with Crippen molar-refractivity contribution in [2.75, 3.05) is 26.8 Å². The summed E-state index contributed by atoms with van der Waals surface area (Å²) in [5, 5.41) is 73.4. The Balaban J connectivity index is 2.06. The minimum atomic E-state index is -1.70. The molecule has 0 unspecified atom stereocenters. The molecule has 0 aromatic heterocycles. The van der Waals surface area contributed by atoms with Crippen molar-refractivity contribution in [3.8, 4) is 0 Å². The zero-order valence-corrected chi connectivity index (χ0v) is 34.5. The summed E-state index contributed by atoms with van der Waals surface area (Å²) in [5.74, 6) is -0.339. The lowest BCUT2D eigenvalue weighted by molar-refractivity contribution is -0.309. The lowest BCUT2D eigenvalue weighted by Crippen LogP contribution is -2.70. The number of aliphatic hydroxyl groups excluding tert-OH is 3. The molecule has 3 rings (SSSR count). The second-order valence-electron chi connectivity index (χ2n) is 17.9. The number of carboxylic acid groups (broad SMARTS) is 1. The smallest absolute Gasteiger partial charge is 0.408 e. The van der Waals surface area contributed by atoms with Crippen molar-refractivity contribution < 1.29 is 68.3 Å². The Bertz CT molecular complexity index is 1350. The predicted molar refractivity (Wildman–Crippen MR) is 200 cm³/mol. The van der Waals surface area contributed by atoms with Gasteiger partial charge in [0, 0.05) is 5.54 Å².